The molecule has 0 atom stereocenters. The van der Waals surface area contributed by atoms with Gasteiger partial charge in [-0.3, -0.25) is 4.79 Å². The van der Waals surface area contributed by atoms with Crippen molar-refractivity contribution in [3.05, 3.63) is 29.8 Å². The lowest BCUT2D eigenvalue weighted by Gasteiger charge is -2.22. The molecular formula is C14H19NO2. The van der Waals surface area contributed by atoms with Gasteiger partial charge in [-0.1, -0.05) is 6.92 Å². The van der Waals surface area contributed by atoms with E-state index in [1.165, 1.54) is 12.8 Å². The van der Waals surface area contributed by atoms with Gasteiger partial charge in [-0.15, -0.1) is 0 Å². The number of carbonyl (C=O) groups is 1. The van der Waals surface area contributed by atoms with Gasteiger partial charge in [0, 0.05) is 18.7 Å². The topological polar surface area (TPSA) is 40.5 Å². The van der Waals surface area contributed by atoms with Gasteiger partial charge in [0.05, 0.1) is 0 Å². The predicted octanol–water partition coefficient (Wildman–Crippen LogP) is 2.65. The molecule has 0 bridgehead atoms. The highest BCUT2D eigenvalue weighted by atomic mass is 16.3. The van der Waals surface area contributed by atoms with Crippen LogP contribution < -0.4 is 0 Å². The zero-order valence-corrected chi connectivity index (χ0v) is 10.2. The van der Waals surface area contributed by atoms with Crippen LogP contribution in [0.5, 0.6) is 5.75 Å². The van der Waals surface area contributed by atoms with Crippen LogP contribution in [-0.2, 0) is 0 Å². The first kappa shape index (κ1) is 12.0. The van der Waals surface area contributed by atoms with E-state index in [-0.39, 0.29) is 11.7 Å². The maximum atomic E-state index is 12.3. The van der Waals surface area contributed by atoms with E-state index in [1.807, 2.05) is 4.90 Å². The summed E-state index contributed by atoms with van der Waals surface area (Å²) in [5, 5.41) is 9.21. The molecule has 0 saturated heterocycles. The number of phenolic OH excluding ortho intramolecular Hbond substituents is 1. The Balaban J connectivity index is 2.05. The molecule has 17 heavy (non-hydrogen) atoms. The zero-order valence-electron chi connectivity index (χ0n) is 10.2. The largest absolute Gasteiger partial charge is 0.508 e. The Kier molecular flexibility index (Phi) is 3.67. The molecule has 92 valence electrons. The van der Waals surface area contributed by atoms with Crippen LogP contribution >= 0.6 is 0 Å². The zero-order chi connectivity index (χ0) is 12.3. The maximum Gasteiger partial charge on any atom is 0.253 e. The minimum atomic E-state index is 0.0822. The van der Waals surface area contributed by atoms with Crippen LogP contribution in [-0.4, -0.2) is 29.0 Å². The van der Waals surface area contributed by atoms with Crippen molar-refractivity contribution in [1.29, 1.82) is 0 Å². The van der Waals surface area contributed by atoms with Crippen molar-refractivity contribution in [2.24, 2.45) is 5.92 Å². The van der Waals surface area contributed by atoms with E-state index in [1.54, 1.807) is 24.3 Å². The van der Waals surface area contributed by atoms with Crippen LogP contribution in [0.15, 0.2) is 24.3 Å². The highest BCUT2D eigenvalue weighted by molar-refractivity contribution is 5.94. The summed E-state index contributed by atoms with van der Waals surface area (Å²) >= 11 is 0. The summed E-state index contributed by atoms with van der Waals surface area (Å²) < 4.78 is 0. The monoisotopic (exact) mass is 233 g/mol. The van der Waals surface area contributed by atoms with Crippen molar-refractivity contribution < 1.29 is 9.90 Å². The lowest BCUT2D eigenvalue weighted by atomic mass is 10.1. The fourth-order valence-electron chi connectivity index (χ4n) is 1.94. The van der Waals surface area contributed by atoms with Crippen molar-refractivity contribution >= 4 is 5.91 Å². The van der Waals surface area contributed by atoms with Gasteiger partial charge in [-0.2, -0.15) is 0 Å². The third-order valence-electron chi connectivity index (χ3n) is 3.07. The van der Waals surface area contributed by atoms with Crippen molar-refractivity contribution in [2.45, 2.75) is 26.2 Å². The highest BCUT2D eigenvalue weighted by Gasteiger charge is 2.26. The molecule has 1 saturated carbocycles. The second-order valence-corrected chi connectivity index (χ2v) is 4.74. The quantitative estimate of drug-likeness (QED) is 0.849. The third kappa shape index (κ3) is 3.22. The molecule has 0 spiro atoms. The van der Waals surface area contributed by atoms with E-state index in [0.717, 1.165) is 19.5 Å². The first-order valence-corrected chi connectivity index (χ1v) is 6.29. The fourth-order valence-corrected chi connectivity index (χ4v) is 1.94. The van der Waals surface area contributed by atoms with E-state index in [9.17, 15) is 9.90 Å². The van der Waals surface area contributed by atoms with Gasteiger partial charge in [-0.05, 0) is 49.4 Å². The van der Waals surface area contributed by atoms with E-state index in [4.69, 9.17) is 0 Å². The summed E-state index contributed by atoms with van der Waals surface area (Å²) in [4.78, 5) is 14.2. The van der Waals surface area contributed by atoms with Gasteiger partial charge in [0.15, 0.2) is 0 Å². The average Bonchev–Trinajstić information content (AvgIpc) is 3.13. The van der Waals surface area contributed by atoms with Crippen molar-refractivity contribution in [3.8, 4) is 5.75 Å². The number of hydrogen-bond donors (Lipinski definition) is 1. The third-order valence-corrected chi connectivity index (χ3v) is 3.07. The Hall–Kier alpha value is -1.51. The molecule has 2 rings (SSSR count). The molecule has 1 aliphatic carbocycles. The standard InChI is InChI=1S/C14H19NO2/c1-2-9-15(10-11-3-4-11)14(17)12-5-7-13(16)8-6-12/h5-8,11,16H,2-4,9-10H2,1H3. The van der Waals surface area contributed by atoms with E-state index in [2.05, 4.69) is 6.92 Å². The second-order valence-electron chi connectivity index (χ2n) is 4.74. The summed E-state index contributed by atoms with van der Waals surface area (Å²) in [5.74, 6) is 0.993. The molecule has 1 N–H and O–H groups in total. The Morgan fingerprint density at radius 2 is 2.00 bits per heavy atom. The van der Waals surface area contributed by atoms with Crippen molar-refractivity contribution in [3.63, 3.8) is 0 Å². The van der Waals surface area contributed by atoms with Crippen LogP contribution in [0.1, 0.15) is 36.5 Å². The smallest absolute Gasteiger partial charge is 0.253 e. The van der Waals surface area contributed by atoms with Gasteiger partial charge in [0.25, 0.3) is 5.91 Å². The minimum absolute atomic E-state index is 0.0822. The molecule has 1 amide bonds. The van der Waals surface area contributed by atoms with Gasteiger partial charge in [-0.25, -0.2) is 0 Å². The minimum Gasteiger partial charge on any atom is -0.508 e. The first-order valence-electron chi connectivity index (χ1n) is 6.29. The number of nitrogens with zero attached hydrogens (tertiary/aromatic N) is 1. The Labute approximate surface area is 102 Å². The van der Waals surface area contributed by atoms with Crippen LogP contribution in [0.25, 0.3) is 0 Å². The van der Waals surface area contributed by atoms with Crippen LogP contribution in [0.3, 0.4) is 0 Å². The second kappa shape index (κ2) is 5.21. The molecule has 3 nitrogen and oxygen atoms in total. The molecule has 0 aromatic heterocycles. The molecule has 0 radical (unpaired) electrons. The average molecular weight is 233 g/mol. The summed E-state index contributed by atoms with van der Waals surface area (Å²) in [7, 11) is 0. The SMILES string of the molecule is CCCN(CC1CC1)C(=O)c1ccc(O)cc1. The summed E-state index contributed by atoms with van der Waals surface area (Å²) in [5.41, 5.74) is 0.664. The number of phenols is 1. The predicted molar refractivity (Wildman–Crippen MR) is 67.0 cm³/mol. The van der Waals surface area contributed by atoms with Gasteiger partial charge in [0.1, 0.15) is 5.75 Å². The Morgan fingerprint density at radius 1 is 1.35 bits per heavy atom. The number of hydrogen-bond acceptors (Lipinski definition) is 2. The summed E-state index contributed by atoms with van der Waals surface area (Å²) in [6.45, 7) is 3.79. The molecule has 0 heterocycles. The molecule has 1 aliphatic rings. The lowest BCUT2D eigenvalue weighted by molar-refractivity contribution is 0.0747. The van der Waals surface area contributed by atoms with Crippen LogP contribution in [0.2, 0.25) is 0 Å². The summed E-state index contributed by atoms with van der Waals surface area (Å²) in [6, 6.07) is 6.50. The first-order chi connectivity index (χ1) is 8.20. The van der Waals surface area contributed by atoms with E-state index >= 15 is 0 Å². The van der Waals surface area contributed by atoms with Crippen LogP contribution in [0.4, 0.5) is 0 Å². The van der Waals surface area contributed by atoms with Crippen molar-refractivity contribution in [2.75, 3.05) is 13.1 Å². The Morgan fingerprint density at radius 3 is 2.53 bits per heavy atom. The molecule has 0 unspecified atom stereocenters. The van der Waals surface area contributed by atoms with Crippen molar-refractivity contribution in [1.82, 2.24) is 4.90 Å². The molecule has 0 aliphatic heterocycles. The number of amides is 1. The van der Waals surface area contributed by atoms with E-state index < -0.39 is 0 Å². The van der Waals surface area contributed by atoms with E-state index in [0.29, 0.717) is 11.5 Å². The maximum absolute atomic E-state index is 12.3. The Bertz CT molecular complexity index is 382. The van der Waals surface area contributed by atoms with Crippen LogP contribution in [0, 0.1) is 5.92 Å². The fraction of sp³-hybridized carbons (Fsp3) is 0.500. The molecule has 1 aromatic rings. The number of rotatable bonds is 5. The normalized spacial score (nSPS) is 14.6. The molecule has 1 aromatic carbocycles. The summed E-state index contributed by atoms with van der Waals surface area (Å²) in [6.07, 6.45) is 3.49. The highest BCUT2D eigenvalue weighted by Crippen LogP contribution is 2.30. The molecule has 1 fully saturated rings. The molecular weight excluding hydrogens is 214 g/mol. The number of carbonyl (C=O) groups excluding carboxylic acids is 1. The lowest BCUT2D eigenvalue weighted by Crippen LogP contribution is -2.33. The van der Waals surface area contributed by atoms with Gasteiger partial charge < -0.3 is 10.0 Å². The van der Waals surface area contributed by atoms with Gasteiger partial charge in [0.2, 0.25) is 0 Å². The van der Waals surface area contributed by atoms with Gasteiger partial charge >= 0.3 is 0 Å². The number of benzene rings is 1. The number of aromatic hydroxyl groups is 1. The molecule has 3 heteroatoms.